The van der Waals surface area contributed by atoms with Crippen LogP contribution in [-0.2, 0) is 0 Å². The van der Waals surface area contributed by atoms with Gasteiger partial charge < -0.3 is 0 Å². The topological polar surface area (TPSA) is 0 Å². The maximum Gasteiger partial charge on any atom is -0.00715 e. The molecule has 0 aromatic rings. The van der Waals surface area contributed by atoms with E-state index >= 15 is 0 Å². The van der Waals surface area contributed by atoms with Gasteiger partial charge in [0.05, 0.1) is 0 Å². The van der Waals surface area contributed by atoms with Crippen LogP contribution in [0.15, 0.2) is 0 Å². The third-order valence-corrected chi connectivity index (χ3v) is 9.03. The van der Waals surface area contributed by atoms with Crippen molar-refractivity contribution in [3.05, 3.63) is 0 Å². The molecule has 0 nitrogen and oxygen atoms in total. The Bertz CT molecular complexity index is 390. The lowest BCUT2D eigenvalue weighted by atomic mass is 10.0. The first-order chi connectivity index (χ1) is 18.8. The van der Waals surface area contributed by atoms with Gasteiger partial charge in [-0.15, -0.1) is 0 Å². The maximum atomic E-state index is 5.66. The summed E-state index contributed by atoms with van der Waals surface area (Å²) in [5.41, 5.74) is 0. The van der Waals surface area contributed by atoms with Gasteiger partial charge in [-0.1, -0.05) is 219 Å². The molecule has 0 N–H and O–H groups in total. The van der Waals surface area contributed by atoms with Gasteiger partial charge in [-0.25, -0.2) is 0 Å². The van der Waals surface area contributed by atoms with Crippen LogP contribution >= 0.6 is 12.2 Å². The second-order valence-electron chi connectivity index (χ2n) is 12.6. The molecule has 0 spiro atoms. The molecule has 0 fully saturated rings. The molecule has 38 heavy (non-hydrogen) atoms. The molecule has 0 unspecified atom stereocenters. The van der Waals surface area contributed by atoms with Crippen LogP contribution in [0.2, 0.25) is 0 Å². The highest BCUT2D eigenvalue weighted by molar-refractivity contribution is 7.80. The summed E-state index contributed by atoms with van der Waals surface area (Å²) < 4.78 is 0. The third kappa shape index (κ3) is 34.1. The van der Waals surface area contributed by atoms with Crippen LogP contribution in [0.4, 0.5) is 0 Å². The molecule has 0 heterocycles. The largest absolute Gasteiger partial charge is 0.0897 e. The van der Waals surface area contributed by atoms with Gasteiger partial charge in [-0.05, 0) is 30.5 Å². The number of rotatable bonds is 34. The van der Waals surface area contributed by atoms with E-state index in [0.717, 1.165) is 0 Å². The van der Waals surface area contributed by atoms with Crippen molar-refractivity contribution in [2.75, 3.05) is 0 Å². The number of hydrogen-bond donors (Lipinski definition) is 0. The molecular weight excluding hydrogens is 476 g/mol. The van der Waals surface area contributed by atoms with Crippen molar-refractivity contribution < 1.29 is 0 Å². The van der Waals surface area contributed by atoms with Crippen molar-refractivity contribution in [2.24, 2.45) is 0 Å². The lowest BCUT2D eigenvalue weighted by molar-refractivity contribution is 0.529. The van der Waals surface area contributed by atoms with Crippen LogP contribution in [0.5, 0.6) is 0 Å². The molecule has 0 aliphatic heterocycles. The van der Waals surface area contributed by atoms with E-state index in [2.05, 4.69) is 13.8 Å². The van der Waals surface area contributed by atoms with Crippen molar-refractivity contribution in [3.8, 4) is 0 Å². The van der Waals surface area contributed by atoms with Crippen LogP contribution < -0.4 is 0 Å². The van der Waals surface area contributed by atoms with Crippen LogP contribution in [0, 0.1) is 0 Å². The fourth-order valence-electron chi connectivity index (χ4n) is 5.87. The molecule has 228 valence electrons. The number of thiocarbonyl (C=S) groups is 1. The summed E-state index contributed by atoms with van der Waals surface area (Å²) in [6.45, 7) is 4.61. The molecule has 0 aliphatic carbocycles. The molecule has 0 aromatic heterocycles. The Morgan fingerprint density at radius 3 is 0.605 bits per heavy atom. The molecule has 0 saturated carbocycles. The molecule has 0 saturated heterocycles. The molecule has 0 rings (SSSR count). The van der Waals surface area contributed by atoms with E-state index in [1.807, 2.05) is 0 Å². The van der Waals surface area contributed by atoms with Gasteiger partial charge in [-0.2, -0.15) is 0 Å². The highest BCUT2D eigenvalue weighted by atomic mass is 32.1. The van der Waals surface area contributed by atoms with Crippen LogP contribution in [0.25, 0.3) is 0 Å². The molecule has 0 aromatic carbocycles. The fourth-order valence-corrected chi connectivity index (χ4v) is 6.15. The maximum absolute atomic E-state index is 5.66. The second-order valence-corrected chi connectivity index (χ2v) is 13.2. The smallest absolute Gasteiger partial charge is 0.00715 e. The van der Waals surface area contributed by atoms with Crippen LogP contribution in [0.1, 0.15) is 232 Å². The summed E-state index contributed by atoms with van der Waals surface area (Å²) in [6.07, 6.45) is 48.7. The summed E-state index contributed by atoms with van der Waals surface area (Å²) in [7, 11) is 0. The zero-order valence-corrected chi connectivity index (χ0v) is 27.8. The molecule has 0 atom stereocenters. The van der Waals surface area contributed by atoms with Gasteiger partial charge in [-0.3, -0.25) is 0 Å². The van der Waals surface area contributed by atoms with Gasteiger partial charge in [0, 0.05) is 0 Å². The zero-order valence-electron chi connectivity index (χ0n) is 26.9. The Hall–Kier alpha value is 0.0900. The summed E-state index contributed by atoms with van der Waals surface area (Å²) in [4.78, 5) is 1.36. The summed E-state index contributed by atoms with van der Waals surface area (Å²) in [6, 6.07) is 0. The van der Waals surface area contributed by atoms with Gasteiger partial charge in [0.1, 0.15) is 0 Å². The predicted octanol–water partition coefficient (Wildman–Crippen LogP) is 14.7. The quantitative estimate of drug-likeness (QED) is 0.0567. The highest BCUT2D eigenvalue weighted by Crippen LogP contribution is 2.16. The summed E-state index contributed by atoms with van der Waals surface area (Å²) in [5, 5.41) is 0. The van der Waals surface area contributed by atoms with Crippen molar-refractivity contribution in [2.45, 2.75) is 232 Å². The van der Waals surface area contributed by atoms with Crippen molar-refractivity contribution in [3.63, 3.8) is 0 Å². The van der Waals surface area contributed by atoms with Crippen LogP contribution in [0.3, 0.4) is 0 Å². The van der Waals surface area contributed by atoms with E-state index in [-0.39, 0.29) is 0 Å². The standard InChI is InChI=1S/C37H74S/c1-3-5-7-9-11-13-15-17-19-21-23-25-27-29-31-33-35-37(38)36-34-32-30-28-26-24-22-20-18-16-14-12-10-8-6-4-2/h3-36H2,1-2H3. The van der Waals surface area contributed by atoms with Gasteiger partial charge in [0.15, 0.2) is 0 Å². The van der Waals surface area contributed by atoms with E-state index in [0.29, 0.717) is 0 Å². The minimum Gasteiger partial charge on any atom is -0.0897 e. The van der Waals surface area contributed by atoms with E-state index in [1.54, 1.807) is 0 Å². The SMILES string of the molecule is CCCCCCCCCCCCCCCCCCC(=S)CCCCCCCCCCCCCCCCCC. The number of unbranched alkanes of at least 4 members (excludes halogenated alkanes) is 30. The molecule has 0 bridgehead atoms. The van der Waals surface area contributed by atoms with Gasteiger partial charge >= 0.3 is 0 Å². The Balaban J connectivity index is 3.14. The predicted molar refractivity (Wildman–Crippen MR) is 181 cm³/mol. The molecule has 1 heteroatoms. The minimum absolute atomic E-state index is 1.21. The number of hydrogen-bond acceptors (Lipinski definition) is 1. The van der Waals surface area contributed by atoms with Crippen molar-refractivity contribution in [1.82, 2.24) is 0 Å². The molecule has 0 aliphatic rings. The highest BCUT2D eigenvalue weighted by Gasteiger charge is 2.00. The Morgan fingerprint density at radius 2 is 0.421 bits per heavy atom. The molecular formula is C37H74S. The average molecular weight is 551 g/mol. The third-order valence-electron chi connectivity index (χ3n) is 8.62. The Morgan fingerprint density at radius 1 is 0.263 bits per heavy atom. The fraction of sp³-hybridized carbons (Fsp3) is 0.973. The second kappa shape index (κ2) is 35.1. The normalized spacial score (nSPS) is 11.4. The van der Waals surface area contributed by atoms with E-state index in [1.165, 1.54) is 223 Å². The van der Waals surface area contributed by atoms with Gasteiger partial charge in [0.25, 0.3) is 0 Å². The lowest BCUT2D eigenvalue weighted by Crippen LogP contribution is -1.95. The average Bonchev–Trinajstić information content (AvgIpc) is 2.92. The van der Waals surface area contributed by atoms with E-state index < -0.39 is 0 Å². The molecule has 0 radical (unpaired) electrons. The summed E-state index contributed by atoms with van der Waals surface area (Å²) in [5.74, 6) is 0. The minimum atomic E-state index is 1.21. The van der Waals surface area contributed by atoms with E-state index in [9.17, 15) is 0 Å². The Kier molecular flexibility index (Phi) is 35.2. The van der Waals surface area contributed by atoms with Crippen molar-refractivity contribution >= 4 is 17.1 Å². The lowest BCUT2D eigenvalue weighted by Gasteiger charge is -2.06. The first-order valence-electron chi connectivity index (χ1n) is 18.3. The van der Waals surface area contributed by atoms with Crippen LogP contribution in [-0.4, -0.2) is 4.86 Å². The molecule has 0 amide bonds. The first kappa shape index (κ1) is 38.1. The first-order valence-corrected chi connectivity index (χ1v) is 18.7. The van der Waals surface area contributed by atoms with Crippen molar-refractivity contribution in [1.29, 1.82) is 0 Å². The Labute approximate surface area is 248 Å². The monoisotopic (exact) mass is 551 g/mol. The van der Waals surface area contributed by atoms with Gasteiger partial charge in [0.2, 0.25) is 0 Å². The zero-order chi connectivity index (χ0) is 27.6. The summed E-state index contributed by atoms with van der Waals surface area (Å²) >= 11 is 5.66. The van der Waals surface area contributed by atoms with E-state index in [4.69, 9.17) is 12.2 Å².